The van der Waals surface area contributed by atoms with Crippen LogP contribution in [0, 0.1) is 0 Å². The Bertz CT molecular complexity index is 354. The van der Waals surface area contributed by atoms with Crippen LogP contribution >= 0.6 is 0 Å². The van der Waals surface area contributed by atoms with Crippen LogP contribution < -0.4 is 10.1 Å². The Morgan fingerprint density at radius 2 is 2.19 bits per heavy atom. The topological polar surface area (TPSA) is 78.8 Å². The number of nitrogens with one attached hydrogen (secondary N) is 1. The third kappa shape index (κ3) is 3.88. The molecule has 1 aromatic carbocycles. The number of para-hydroxylation sites is 2. The van der Waals surface area contributed by atoms with E-state index >= 15 is 0 Å². The van der Waals surface area contributed by atoms with Gasteiger partial charge in [0.1, 0.15) is 18.5 Å². The maximum absolute atomic E-state index is 10.9. The first-order chi connectivity index (χ1) is 7.63. The smallest absolute Gasteiger partial charge is 0.221 e. The fourth-order valence-electron chi connectivity index (χ4n) is 1.12. The lowest BCUT2D eigenvalue weighted by atomic mass is 10.3. The predicted octanol–water partition coefficient (Wildman–Crippen LogP) is 0.377. The second-order valence-electron chi connectivity index (χ2n) is 3.32. The first-order valence-corrected chi connectivity index (χ1v) is 4.92. The van der Waals surface area contributed by atoms with Gasteiger partial charge in [-0.1, -0.05) is 12.1 Å². The van der Waals surface area contributed by atoms with Gasteiger partial charge in [0, 0.05) is 6.92 Å². The molecular weight excluding hydrogens is 210 g/mol. The van der Waals surface area contributed by atoms with E-state index in [1.54, 1.807) is 24.3 Å². The van der Waals surface area contributed by atoms with Crippen LogP contribution in [0.3, 0.4) is 0 Å². The van der Waals surface area contributed by atoms with E-state index in [4.69, 9.17) is 14.9 Å². The van der Waals surface area contributed by atoms with E-state index in [1.807, 2.05) is 0 Å². The number of amides is 1. The van der Waals surface area contributed by atoms with Crippen LogP contribution in [-0.4, -0.2) is 35.4 Å². The Hall–Kier alpha value is -1.59. The van der Waals surface area contributed by atoms with E-state index in [9.17, 15) is 4.79 Å². The number of hydrogen-bond acceptors (Lipinski definition) is 4. The van der Waals surface area contributed by atoms with Gasteiger partial charge in [0.25, 0.3) is 0 Å². The zero-order chi connectivity index (χ0) is 12.0. The van der Waals surface area contributed by atoms with Gasteiger partial charge in [-0.15, -0.1) is 0 Å². The van der Waals surface area contributed by atoms with Crippen LogP contribution in [0.1, 0.15) is 6.92 Å². The van der Waals surface area contributed by atoms with Crippen LogP contribution in [0.25, 0.3) is 0 Å². The third-order valence-electron chi connectivity index (χ3n) is 1.84. The summed E-state index contributed by atoms with van der Waals surface area (Å²) >= 11 is 0. The number of ether oxygens (including phenoxy) is 1. The molecule has 0 radical (unpaired) electrons. The van der Waals surface area contributed by atoms with Gasteiger partial charge in [-0.25, -0.2) is 0 Å². The standard InChI is InChI=1S/C11H15NO4/c1-8(14)12-10-4-2-3-5-11(10)16-7-9(15)6-13/h2-5,9,13,15H,6-7H2,1H3,(H,12,14)/t9-/m0/s1. The van der Waals surface area contributed by atoms with Gasteiger partial charge < -0.3 is 20.3 Å². The van der Waals surface area contributed by atoms with Crippen molar-refractivity contribution in [1.29, 1.82) is 0 Å². The molecule has 0 bridgehead atoms. The minimum atomic E-state index is -0.926. The third-order valence-corrected chi connectivity index (χ3v) is 1.84. The van der Waals surface area contributed by atoms with Crippen LogP contribution in [0.15, 0.2) is 24.3 Å². The van der Waals surface area contributed by atoms with E-state index in [1.165, 1.54) is 6.92 Å². The number of rotatable bonds is 5. The molecule has 0 aliphatic heterocycles. The summed E-state index contributed by atoms with van der Waals surface area (Å²) in [5.74, 6) is 0.268. The normalized spacial score (nSPS) is 11.9. The molecule has 0 aromatic heterocycles. The molecule has 0 saturated carbocycles. The Balaban J connectivity index is 2.67. The zero-order valence-electron chi connectivity index (χ0n) is 9.01. The van der Waals surface area contributed by atoms with Crippen molar-refractivity contribution in [2.45, 2.75) is 13.0 Å². The second kappa shape index (κ2) is 6.09. The Morgan fingerprint density at radius 1 is 1.50 bits per heavy atom. The van der Waals surface area contributed by atoms with Gasteiger partial charge in [0.05, 0.1) is 12.3 Å². The monoisotopic (exact) mass is 225 g/mol. The average molecular weight is 225 g/mol. The zero-order valence-corrected chi connectivity index (χ0v) is 9.01. The van der Waals surface area contributed by atoms with Gasteiger partial charge in [-0.3, -0.25) is 4.79 Å². The molecule has 0 fully saturated rings. The van der Waals surface area contributed by atoms with Crippen molar-refractivity contribution < 1.29 is 19.7 Å². The predicted molar refractivity (Wildman–Crippen MR) is 59.3 cm³/mol. The van der Waals surface area contributed by atoms with Crippen molar-refractivity contribution in [3.63, 3.8) is 0 Å². The SMILES string of the molecule is CC(=O)Nc1ccccc1OC[C@@H](O)CO. The van der Waals surface area contributed by atoms with Crippen molar-refractivity contribution in [3.05, 3.63) is 24.3 Å². The molecule has 16 heavy (non-hydrogen) atoms. The fraction of sp³-hybridized carbons (Fsp3) is 0.364. The van der Waals surface area contributed by atoms with E-state index < -0.39 is 6.10 Å². The highest BCUT2D eigenvalue weighted by Crippen LogP contribution is 2.23. The first kappa shape index (κ1) is 12.5. The summed E-state index contributed by atoms with van der Waals surface area (Å²) in [6, 6.07) is 6.89. The number of carbonyl (C=O) groups excluding carboxylic acids is 1. The molecule has 5 nitrogen and oxygen atoms in total. The summed E-state index contributed by atoms with van der Waals surface area (Å²) in [5, 5.41) is 20.4. The molecule has 1 atom stereocenters. The van der Waals surface area contributed by atoms with E-state index in [2.05, 4.69) is 5.32 Å². The van der Waals surface area contributed by atoms with Crippen molar-refractivity contribution in [3.8, 4) is 5.75 Å². The van der Waals surface area contributed by atoms with Crippen LogP contribution in [0.4, 0.5) is 5.69 Å². The van der Waals surface area contributed by atoms with Gasteiger partial charge in [0.15, 0.2) is 0 Å². The number of aliphatic hydroxyl groups is 2. The molecule has 88 valence electrons. The summed E-state index contributed by atoms with van der Waals surface area (Å²) in [4.78, 5) is 10.9. The molecule has 0 heterocycles. The van der Waals surface area contributed by atoms with Crippen molar-refractivity contribution in [2.24, 2.45) is 0 Å². The number of anilines is 1. The summed E-state index contributed by atoms with van der Waals surface area (Å²) in [6.45, 7) is 1.02. The lowest BCUT2D eigenvalue weighted by Gasteiger charge is -2.13. The summed E-state index contributed by atoms with van der Waals surface area (Å²) in [6.07, 6.45) is -0.926. The minimum absolute atomic E-state index is 0.0207. The molecule has 0 aliphatic carbocycles. The minimum Gasteiger partial charge on any atom is -0.489 e. The highest BCUT2D eigenvalue weighted by molar-refractivity contribution is 5.90. The maximum Gasteiger partial charge on any atom is 0.221 e. The Kier molecular flexibility index (Phi) is 4.75. The number of benzene rings is 1. The molecule has 0 spiro atoms. The lowest BCUT2D eigenvalue weighted by molar-refractivity contribution is -0.114. The van der Waals surface area contributed by atoms with Crippen molar-refractivity contribution >= 4 is 11.6 Å². The highest BCUT2D eigenvalue weighted by Gasteiger charge is 2.07. The maximum atomic E-state index is 10.9. The summed E-state index contributed by atoms with van der Waals surface area (Å²) in [7, 11) is 0. The van der Waals surface area contributed by atoms with Gasteiger partial charge >= 0.3 is 0 Å². The molecule has 1 amide bonds. The van der Waals surface area contributed by atoms with Crippen molar-refractivity contribution in [2.75, 3.05) is 18.5 Å². The van der Waals surface area contributed by atoms with Gasteiger partial charge in [0.2, 0.25) is 5.91 Å². The van der Waals surface area contributed by atoms with Gasteiger partial charge in [-0.05, 0) is 12.1 Å². The number of carbonyl (C=O) groups is 1. The van der Waals surface area contributed by atoms with Crippen molar-refractivity contribution in [1.82, 2.24) is 0 Å². The average Bonchev–Trinajstić information content (AvgIpc) is 2.26. The molecule has 0 saturated heterocycles. The molecule has 5 heteroatoms. The fourth-order valence-corrected chi connectivity index (χ4v) is 1.12. The Morgan fingerprint density at radius 3 is 2.81 bits per heavy atom. The quantitative estimate of drug-likeness (QED) is 0.676. The van der Waals surface area contributed by atoms with Crippen LogP contribution in [-0.2, 0) is 4.79 Å². The molecule has 3 N–H and O–H groups in total. The largest absolute Gasteiger partial charge is 0.489 e. The first-order valence-electron chi connectivity index (χ1n) is 4.92. The molecule has 0 unspecified atom stereocenters. The molecular formula is C11H15NO4. The lowest BCUT2D eigenvalue weighted by Crippen LogP contribution is -2.21. The summed E-state index contributed by atoms with van der Waals surface area (Å²) < 4.78 is 5.27. The van der Waals surface area contributed by atoms with Crippen LogP contribution in [0.5, 0.6) is 5.75 Å². The molecule has 0 aliphatic rings. The van der Waals surface area contributed by atoms with Crippen LogP contribution in [0.2, 0.25) is 0 Å². The number of hydrogen-bond donors (Lipinski definition) is 3. The molecule has 1 rings (SSSR count). The van der Waals surface area contributed by atoms with E-state index in [-0.39, 0.29) is 19.1 Å². The van der Waals surface area contributed by atoms with E-state index in [0.717, 1.165) is 0 Å². The molecule has 1 aromatic rings. The Labute approximate surface area is 93.7 Å². The number of aliphatic hydroxyl groups excluding tert-OH is 2. The second-order valence-corrected chi connectivity index (χ2v) is 3.32. The summed E-state index contributed by atoms with van der Waals surface area (Å²) in [5.41, 5.74) is 0.542. The van der Waals surface area contributed by atoms with E-state index in [0.29, 0.717) is 11.4 Å². The highest BCUT2D eigenvalue weighted by atomic mass is 16.5. The van der Waals surface area contributed by atoms with Gasteiger partial charge in [-0.2, -0.15) is 0 Å².